The Hall–Kier alpha value is -1.50. The summed E-state index contributed by atoms with van der Waals surface area (Å²) in [6.07, 6.45) is -2.00. The van der Waals surface area contributed by atoms with Gasteiger partial charge in [0.1, 0.15) is 6.04 Å². The Balaban J connectivity index is 2.47. The number of rotatable bonds is 3. The van der Waals surface area contributed by atoms with Crippen LogP contribution in [0.1, 0.15) is 24.6 Å². The van der Waals surface area contributed by atoms with Crippen LogP contribution in [0.5, 0.6) is 5.75 Å². The summed E-state index contributed by atoms with van der Waals surface area (Å²) in [5, 5.41) is 12.0. The average molecular weight is 262 g/mol. The van der Waals surface area contributed by atoms with Crippen LogP contribution in [-0.2, 0) is 7.05 Å². The SMILES string of the molecule is Cn1ccc(=O)c(O)c1C(NC1CC1)C(F)(F)F. The van der Waals surface area contributed by atoms with Crippen LogP contribution in [0.15, 0.2) is 17.1 Å². The molecule has 0 amide bonds. The molecule has 1 aromatic rings. The molecule has 0 saturated heterocycles. The Bertz CT molecular complexity index is 506. The predicted molar refractivity (Wildman–Crippen MR) is 58.3 cm³/mol. The zero-order valence-electron chi connectivity index (χ0n) is 9.66. The molecule has 0 aliphatic heterocycles. The third kappa shape index (κ3) is 2.50. The summed E-state index contributed by atoms with van der Waals surface area (Å²) < 4.78 is 40.1. The van der Waals surface area contributed by atoms with Gasteiger partial charge >= 0.3 is 6.18 Å². The third-order valence-corrected chi connectivity index (χ3v) is 2.89. The van der Waals surface area contributed by atoms with Gasteiger partial charge in [0.2, 0.25) is 5.43 Å². The zero-order valence-corrected chi connectivity index (χ0v) is 9.66. The quantitative estimate of drug-likeness (QED) is 0.866. The zero-order chi connectivity index (χ0) is 13.5. The first kappa shape index (κ1) is 12.9. The fraction of sp³-hybridized carbons (Fsp3) is 0.545. The highest BCUT2D eigenvalue weighted by molar-refractivity contribution is 5.30. The van der Waals surface area contributed by atoms with Crippen LogP contribution in [0.3, 0.4) is 0 Å². The molecule has 2 N–H and O–H groups in total. The van der Waals surface area contributed by atoms with Gasteiger partial charge in [0.05, 0.1) is 5.69 Å². The van der Waals surface area contributed by atoms with Crippen molar-refractivity contribution in [2.45, 2.75) is 31.1 Å². The number of aromatic hydroxyl groups is 1. The van der Waals surface area contributed by atoms with E-state index in [9.17, 15) is 23.1 Å². The minimum Gasteiger partial charge on any atom is -0.503 e. The summed E-state index contributed by atoms with van der Waals surface area (Å²) in [4.78, 5) is 11.3. The molecule has 1 heterocycles. The smallest absolute Gasteiger partial charge is 0.409 e. The summed E-state index contributed by atoms with van der Waals surface area (Å²) >= 11 is 0. The van der Waals surface area contributed by atoms with E-state index in [-0.39, 0.29) is 6.04 Å². The van der Waals surface area contributed by atoms with Crippen molar-refractivity contribution in [3.05, 3.63) is 28.2 Å². The van der Waals surface area contributed by atoms with Gasteiger partial charge in [0, 0.05) is 25.4 Å². The second-order valence-electron chi connectivity index (χ2n) is 4.44. The number of aryl methyl sites for hydroxylation is 1. The fourth-order valence-corrected chi connectivity index (χ4v) is 1.79. The average Bonchev–Trinajstić information content (AvgIpc) is 3.05. The van der Waals surface area contributed by atoms with E-state index in [2.05, 4.69) is 5.32 Å². The molecule has 0 bridgehead atoms. The lowest BCUT2D eigenvalue weighted by atomic mass is 10.1. The fourth-order valence-electron chi connectivity index (χ4n) is 1.79. The first-order valence-corrected chi connectivity index (χ1v) is 5.52. The molecule has 1 fully saturated rings. The highest BCUT2D eigenvalue weighted by Crippen LogP contribution is 2.37. The molecule has 18 heavy (non-hydrogen) atoms. The molecule has 1 unspecified atom stereocenters. The maximum absolute atomic E-state index is 13.0. The lowest BCUT2D eigenvalue weighted by Crippen LogP contribution is -2.38. The molecule has 0 spiro atoms. The Morgan fingerprint density at radius 2 is 2.11 bits per heavy atom. The summed E-state index contributed by atoms with van der Waals surface area (Å²) in [7, 11) is 1.36. The molecule has 0 aromatic carbocycles. The molecule has 0 radical (unpaired) electrons. The first-order chi connectivity index (χ1) is 8.30. The van der Waals surface area contributed by atoms with Crippen LogP contribution < -0.4 is 10.7 Å². The van der Waals surface area contributed by atoms with Crippen molar-refractivity contribution in [1.82, 2.24) is 9.88 Å². The van der Waals surface area contributed by atoms with Crippen LogP contribution in [0, 0.1) is 0 Å². The molecule has 100 valence electrons. The van der Waals surface area contributed by atoms with Crippen molar-refractivity contribution in [3.8, 4) is 5.75 Å². The van der Waals surface area contributed by atoms with Gasteiger partial charge in [-0.3, -0.25) is 10.1 Å². The Morgan fingerprint density at radius 3 is 2.61 bits per heavy atom. The standard InChI is InChI=1S/C11H13F3N2O2/c1-16-5-4-7(17)9(18)8(16)10(11(12,13)14)15-6-2-3-6/h4-6,10,15,18H,2-3H2,1H3. The van der Waals surface area contributed by atoms with Crippen molar-refractivity contribution in [2.24, 2.45) is 7.05 Å². The number of halogens is 3. The van der Waals surface area contributed by atoms with E-state index in [1.54, 1.807) is 0 Å². The molecule has 1 aromatic heterocycles. The van der Waals surface area contributed by atoms with Gasteiger partial charge in [-0.05, 0) is 12.8 Å². The van der Waals surface area contributed by atoms with Crippen LogP contribution in [0.25, 0.3) is 0 Å². The summed E-state index contributed by atoms with van der Waals surface area (Å²) in [6, 6.07) is -1.20. The van der Waals surface area contributed by atoms with Gasteiger partial charge in [0.25, 0.3) is 0 Å². The monoisotopic (exact) mass is 262 g/mol. The number of pyridine rings is 1. The molecule has 1 aliphatic carbocycles. The number of hydrogen-bond acceptors (Lipinski definition) is 3. The van der Waals surface area contributed by atoms with Crippen LogP contribution in [-0.4, -0.2) is 21.9 Å². The largest absolute Gasteiger partial charge is 0.503 e. The van der Waals surface area contributed by atoms with Gasteiger partial charge in [0.15, 0.2) is 5.75 Å². The number of aromatic nitrogens is 1. The van der Waals surface area contributed by atoms with Crippen LogP contribution in [0.4, 0.5) is 13.2 Å². The second-order valence-corrected chi connectivity index (χ2v) is 4.44. The number of hydrogen-bond donors (Lipinski definition) is 2. The van der Waals surface area contributed by atoms with Gasteiger partial charge < -0.3 is 9.67 Å². The summed E-state index contributed by atoms with van der Waals surface area (Å²) in [6.45, 7) is 0. The van der Waals surface area contributed by atoms with Crippen molar-refractivity contribution in [1.29, 1.82) is 0 Å². The maximum Gasteiger partial charge on any atom is 0.409 e. The predicted octanol–water partition coefficient (Wildman–Crippen LogP) is 1.45. The molecule has 2 rings (SSSR count). The Kier molecular flexibility index (Phi) is 3.10. The molecular weight excluding hydrogens is 249 g/mol. The Labute approximate surface area is 101 Å². The van der Waals surface area contributed by atoms with Gasteiger partial charge in [-0.2, -0.15) is 13.2 Å². The van der Waals surface area contributed by atoms with E-state index in [4.69, 9.17) is 0 Å². The molecule has 1 saturated carbocycles. The van der Waals surface area contributed by atoms with Crippen molar-refractivity contribution in [3.63, 3.8) is 0 Å². The molecule has 7 heteroatoms. The first-order valence-electron chi connectivity index (χ1n) is 5.52. The normalized spacial score (nSPS) is 17.8. The number of nitrogens with zero attached hydrogens (tertiary/aromatic N) is 1. The van der Waals surface area contributed by atoms with E-state index in [1.807, 2.05) is 0 Å². The van der Waals surface area contributed by atoms with Crippen molar-refractivity contribution in [2.75, 3.05) is 0 Å². The Morgan fingerprint density at radius 1 is 1.50 bits per heavy atom. The van der Waals surface area contributed by atoms with Crippen molar-refractivity contribution < 1.29 is 18.3 Å². The van der Waals surface area contributed by atoms with Gasteiger partial charge in [-0.25, -0.2) is 0 Å². The van der Waals surface area contributed by atoms with Gasteiger partial charge in [-0.1, -0.05) is 0 Å². The van der Waals surface area contributed by atoms with E-state index in [1.165, 1.54) is 13.2 Å². The lowest BCUT2D eigenvalue weighted by Gasteiger charge is -2.24. The van der Waals surface area contributed by atoms with Crippen molar-refractivity contribution >= 4 is 0 Å². The maximum atomic E-state index is 13.0. The highest BCUT2D eigenvalue weighted by atomic mass is 19.4. The number of alkyl halides is 3. The molecular formula is C11H13F3N2O2. The topological polar surface area (TPSA) is 54.3 Å². The third-order valence-electron chi connectivity index (χ3n) is 2.89. The summed E-state index contributed by atoms with van der Waals surface area (Å²) in [5.74, 6) is -0.851. The molecule has 4 nitrogen and oxygen atoms in total. The minimum atomic E-state index is -4.56. The van der Waals surface area contributed by atoms with Gasteiger partial charge in [-0.15, -0.1) is 0 Å². The van der Waals surface area contributed by atoms with E-state index in [0.29, 0.717) is 12.8 Å². The highest BCUT2D eigenvalue weighted by Gasteiger charge is 2.46. The van der Waals surface area contributed by atoms with E-state index < -0.39 is 29.1 Å². The summed E-state index contributed by atoms with van der Waals surface area (Å²) in [5.41, 5.74) is -1.25. The minimum absolute atomic E-state index is 0.202. The van der Waals surface area contributed by atoms with Crippen LogP contribution in [0.2, 0.25) is 0 Å². The molecule has 1 aliphatic rings. The van der Waals surface area contributed by atoms with E-state index >= 15 is 0 Å². The van der Waals surface area contributed by atoms with Crippen LogP contribution >= 0.6 is 0 Å². The van der Waals surface area contributed by atoms with E-state index in [0.717, 1.165) is 10.6 Å². The number of nitrogens with one attached hydrogen (secondary N) is 1. The lowest BCUT2D eigenvalue weighted by molar-refractivity contribution is -0.160. The molecule has 1 atom stereocenters. The second kappa shape index (κ2) is 4.31.